The molecule has 1 heterocycles. The van der Waals surface area contributed by atoms with Crippen molar-refractivity contribution in [1.82, 2.24) is 15.1 Å². The quantitative estimate of drug-likeness (QED) is 0.894. The Kier molecular flexibility index (Phi) is 6.33. The van der Waals surface area contributed by atoms with Gasteiger partial charge in [-0.1, -0.05) is 30.1 Å². The van der Waals surface area contributed by atoms with Gasteiger partial charge in [0.25, 0.3) is 0 Å². The van der Waals surface area contributed by atoms with E-state index in [9.17, 15) is 0 Å². The van der Waals surface area contributed by atoms with Crippen LogP contribution in [0.4, 0.5) is 0 Å². The average molecular weight is 330 g/mol. The zero-order valence-corrected chi connectivity index (χ0v) is 14.6. The topological polar surface area (TPSA) is 18.5 Å². The van der Waals surface area contributed by atoms with Gasteiger partial charge in [0, 0.05) is 41.8 Å². The molecule has 0 aromatic heterocycles. The van der Waals surface area contributed by atoms with Gasteiger partial charge in [0.05, 0.1) is 0 Å². The van der Waals surface area contributed by atoms with Crippen LogP contribution in [-0.2, 0) is 0 Å². The van der Waals surface area contributed by atoms with E-state index >= 15 is 0 Å². The SMILES string of the molecule is CCNC(CC1CN(C)CCN1C)c1cc(Cl)ccc1Cl. The van der Waals surface area contributed by atoms with Gasteiger partial charge in [-0.15, -0.1) is 0 Å². The lowest BCUT2D eigenvalue weighted by Crippen LogP contribution is -2.51. The Morgan fingerprint density at radius 1 is 1.29 bits per heavy atom. The van der Waals surface area contributed by atoms with E-state index in [2.05, 4.69) is 36.1 Å². The van der Waals surface area contributed by atoms with E-state index in [-0.39, 0.29) is 6.04 Å². The standard InChI is InChI=1S/C16H25Cl2N3/c1-4-19-16(14-9-12(17)5-6-15(14)18)10-13-11-20(2)7-8-21(13)3/h5-6,9,13,16,19H,4,7-8,10-11H2,1-3H3. The highest BCUT2D eigenvalue weighted by atomic mass is 35.5. The van der Waals surface area contributed by atoms with Gasteiger partial charge in [0.15, 0.2) is 0 Å². The van der Waals surface area contributed by atoms with Crippen LogP contribution in [0.15, 0.2) is 18.2 Å². The zero-order valence-electron chi connectivity index (χ0n) is 13.1. The maximum Gasteiger partial charge on any atom is 0.0454 e. The molecule has 0 bridgehead atoms. The lowest BCUT2D eigenvalue weighted by Gasteiger charge is -2.39. The number of rotatable bonds is 5. The number of nitrogens with one attached hydrogen (secondary N) is 1. The molecular weight excluding hydrogens is 305 g/mol. The Balaban J connectivity index is 2.16. The Morgan fingerprint density at radius 2 is 2.05 bits per heavy atom. The Labute approximate surface area is 138 Å². The summed E-state index contributed by atoms with van der Waals surface area (Å²) in [5.74, 6) is 0. The first kappa shape index (κ1) is 17.0. The number of halogens is 2. The van der Waals surface area contributed by atoms with Crippen LogP contribution in [0.25, 0.3) is 0 Å². The van der Waals surface area contributed by atoms with Crippen LogP contribution in [-0.4, -0.2) is 56.1 Å². The van der Waals surface area contributed by atoms with Gasteiger partial charge in [0.2, 0.25) is 0 Å². The van der Waals surface area contributed by atoms with Crippen LogP contribution >= 0.6 is 23.2 Å². The second-order valence-corrected chi connectivity index (χ2v) is 6.75. The fraction of sp³-hybridized carbons (Fsp3) is 0.625. The van der Waals surface area contributed by atoms with E-state index in [4.69, 9.17) is 23.2 Å². The van der Waals surface area contributed by atoms with Crippen LogP contribution in [0.3, 0.4) is 0 Å². The molecule has 118 valence electrons. The molecule has 5 heteroatoms. The molecule has 0 spiro atoms. The van der Waals surface area contributed by atoms with E-state index in [1.807, 2.05) is 18.2 Å². The predicted octanol–water partition coefficient (Wildman–Crippen LogP) is 3.28. The maximum absolute atomic E-state index is 6.39. The van der Waals surface area contributed by atoms with E-state index < -0.39 is 0 Å². The molecule has 1 aromatic carbocycles. The normalized spacial score (nSPS) is 22.4. The van der Waals surface area contributed by atoms with Crippen molar-refractivity contribution in [1.29, 1.82) is 0 Å². The first-order chi connectivity index (χ1) is 10.0. The number of hydrogen-bond acceptors (Lipinski definition) is 3. The molecule has 3 nitrogen and oxygen atoms in total. The summed E-state index contributed by atoms with van der Waals surface area (Å²) in [6.07, 6.45) is 1.04. The summed E-state index contributed by atoms with van der Waals surface area (Å²) in [5.41, 5.74) is 1.10. The summed E-state index contributed by atoms with van der Waals surface area (Å²) in [6.45, 7) is 6.39. The Morgan fingerprint density at radius 3 is 2.76 bits per heavy atom. The summed E-state index contributed by atoms with van der Waals surface area (Å²) in [7, 11) is 4.40. The fourth-order valence-electron chi connectivity index (χ4n) is 2.98. The van der Waals surface area contributed by atoms with Crippen molar-refractivity contribution in [3.05, 3.63) is 33.8 Å². The monoisotopic (exact) mass is 329 g/mol. The third kappa shape index (κ3) is 4.57. The third-order valence-electron chi connectivity index (χ3n) is 4.27. The molecule has 1 fully saturated rings. The highest BCUT2D eigenvalue weighted by Crippen LogP contribution is 2.30. The van der Waals surface area contributed by atoms with Crippen LogP contribution in [0.2, 0.25) is 10.0 Å². The summed E-state index contributed by atoms with van der Waals surface area (Å²) in [4.78, 5) is 4.84. The van der Waals surface area contributed by atoms with E-state index in [1.54, 1.807) is 0 Å². The summed E-state index contributed by atoms with van der Waals surface area (Å²) in [6, 6.07) is 6.49. The molecule has 2 rings (SSSR count). The van der Waals surface area contributed by atoms with Crippen molar-refractivity contribution in [2.75, 3.05) is 40.3 Å². The highest BCUT2D eigenvalue weighted by molar-refractivity contribution is 6.33. The zero-order chi connectivity index (χ0) is 15.4. The van der Waals surface area contributed by atoms with Gasteiger partial charge < -0.3 is 15.1 Å². The third-order valence-corrected chi connectivity index (χ3v) is 4.85. The average Bonchev–Trinajstić information content (AvgIpc) is 2.45. The van der Waals surface area contributed by atoms with Gasteiger partial charge in [-0.05, 0) is 50.8 Å². The first-order valence-corrected chi connectivity index (χ1v) is 8.34. The molecule has 1 aliphatic rings. The van der Waals surface area contributed by atoms with E-state index in [0.717, 1.165) is 48.2 Å². The van der Waals surface area contributed by atoms with Crippen molar-refractivity contribution >= 4 is 23.2 Å². The second kappa shape index (κ2) is 7.80. The molecule has 1 N–H and O–H groups in total. The number of benzene rings is 1. The molecule has 21 heavy (non-hydrogen) atoms. The summed E-state index contributed by atoms with van der Waals surface area (Å²) < 4.78 is 0. The lowest BCUT2D eigenvalue weighted by atomic mass is 9.97. The van der Waals surface area contributed by atoms with Crippen molar-refractivity contribution in [3.8, 4) is 0 Å². The molecule has 1 saturated heterocycles. The minimum Gasteiger partial charge on any atom is -0.310 e. The van der Waals surface area contributed by atoms with Gasteiger partial charge in [-0.25, -0.2) is 0 Å². The van der Waals surface area contributed by atoms with Crippen molar-refractivity contribution in [2.24, 2.45) is 0 Å². The van der Waals surface area contributed by atoms with Crippen LogP contribution in [0.1, 0.15) is 24.9 Å². The molecular formula is C16H25Cl2N3. The van der Waals surface area contributed by atoms with Crippen molar-refractivity contribution in [2.45, 2.75) is 25.4 Å². The molecule has 0 saturated carbocycles. The van der Waals surface area contributed by atoms with E-state index in [0.29, 0.717) is 6.04 Å². The Bertz CT molecular complexity index is 467. The van der Waals surface area contributed by atoms with Crippen molar-refractivity contribution in [3.63, 3.8) is 0 Å². The first-order valence-electron chi connectivity index (χ1n) is 7.58. The van der Waals surface area contributed by atoms with Crippen LogP contribution in [0, 0.1) is 0 Å². The minimum atomic E-state index is 0.236. The molecule has 1 aromatic rings. The predicted molar refractivity (Wildman–Crippen MR) is 91.4 cm³/mol. The second-order valence-electron chi connectivity index (χ2n) is 5.91. The molecule has 1 aliphatic heterocycles. The lowest BCUT2D eigenvalue weighted by molar-refractivity contribution is 0.101. The molecule has 0 amide bonds. The number of piperazine rings is 1. The highest BCUT2D eigenvalue weighted by Gasteiger charge is 2.26. The summed E-state index contributed by atoms with van der Waals surface area (Å²) >= 11 is 12.5. The van der Waals surface area contributed by atoms with Gasteiger partial charge >= 0.3 is 0 Å². The number of nitrogens with zero attached hydrogens (tertiary/aromatic N) is 2. The number of hydrogen-bond donors (Lipinski definition) is 1. The number of likely N-dealkylation sites (N-methyl/N-ethyl adjacent to an activating group) is 2. The molecule has 0 radical (unpaired) electrons. The van der Waals surface area contributed by atoms with Gasteiger partial charge in [-0.2, -0.15) is 0 Å². The minimum absolute atomic E-state index is 0.236. The molecule has 2 atom stereocenters. The van der Waals surface area contributed by atoms with Gasteiger partial charge in [-0.3, -0.25) is 0 Å². The summed E-state index contributed by atoms with van der Waals surface area (Å²) in [5, 5.41) is 5.09. The maximum atomic E-state index is 6.39. The van der Waals surface area contributed by atoms with Gasteiger partial charge in [0.1, 0.15) is 0 Å². The van der Waals surface area contributed by atoms with E-state index in [1.165, 1.54) is 0 Å². The molecule has 2 unspecified atom stereocenters. The van der Waals surface area contributed by atoms with Crippen molar-refractivity contribution < 1.29 is 0 Å². The Hall–Kier alpha value is -0.320. The smallest absolute Gasteiger partial charge is 0.0454 e. The van der Waals surface area contributed by atoms with Crippen LogP contribution in [0.5, 0.6) is 0 Å². The largest absolute Gasteiger partial charge is 0.310 e. The van der Waals surface area contributed by atoms with Crippen LogP contribution < -0.4 is 5.32 Å². The fourth-order valence-corrected chi connectivity index (χ4v) is 3.41. The molecule has 0 aliphatic carbocycles.